The van der Waals surface area contributed by atoms with Crippen molar-refractivity contribution in [3.05, 3.63) is 48.3 Å². The highest BCUT2D eigenvalue weighted by Crippen LogP contribution is 2.10. The first-order valence-electron chi connectivity index (χ1n) is 10.4. The molecule has 0 N–H and O–H groups in total. The van der Waals surface area contributed by atoms with Gasteiger partial charge in [0.1, 0.15) is 0 Å². The number of carbonyl (C=O) groups excluding carboxylic acids is 1. The Morgan fingerprint density at radius 2 is 1.59 bits per heavy atom. The number of hydrogen-bond donors (Lipinski definition) is 0. The lowest BCUT2D eigenvalue weighted by Gasteiger charge is -2.04. The number of hydrogen-bond acceptors (Lipinski definition) is 3. The van der Waals surface area contributed by atoms with Gasteiger partial charge in [0.25, 0.3) is 0 Å². The van der Waals surface area contributed by atoms with Crippen molar-refractivity contribution in [2.24, 2.45) is 0 Å². The summed E-state index contributed by atoms with van der Waals surface area (Å²) in [4.78, 5) is 15.2. The highest BCUT2D eigenvalue weighted by Gasteiger charge is 2.01. The van der Waals surface area contributed by atoms with Gasteiger partial charge >= 0.3 is 5.97 Å². The summed E-state index contributed by atoms with van der Waals surface area (Å²) in [7, 11) is 0. The maximum absolute atomic E-state index is 11.1. The zero-order valence-electron chi connectivity index (χ0n) is 17.8. The molecule has 0 spiro atoms. The maximum atomic E-state index is 11.1. The van der Waals surface area contributed by atoms with Gasteiger partial charge in [0, 0.05) is 17.5 Å². The van der Waals surface area contributed by atoms with E-state index >= 15 is 0 Å². The summed E-state index contributed by atoms with van der Waals surface area (Å²) in [6.45, 7) is 13.6. The van der Waals surface area contributed by atoms with Crippen LogP contribution >= 0.6 is 0 Å². The molecule has 0 unspecified atom stereocenters. The number of nitrogens with zero attached hydrogens (tertiary/aromatic N) is 1. The normalized spacial score (nSPS) is 9.89. The fourth-order valence-corrected chi connectivity index (χ4v) is 2.48. The summed E-state index contributed by atoms with van der Waals surface area (Å²) in [5.41, 5.74) is 2.60. The molecule has 0 aliphatic heterocycles. The van der Waals surface area contributed by atoms with Crippen molar-refractivity contribution in [3.8, 4) is 0 Å². The van der Waals surface area contributed by atoms with Gasteiger partial charge in [-0.3, -0.25) is 4.98 Å². The Balaban J connectivity index is 0.000000621. The van der Waals surface area contributed by atoms with E-state index in [0.29, 0.717) is 12.2 Å². The van der Waals surface area contributed by atoms with Crippen LogP contribution in [0.4, 0.5) is 0 Å². The minimum atomic E-state index is -0.258. The lowest BCUT2D eigenvalue weighted by atomic mass is 10.1. The van der Waals surface area contributed by atoms with Crippen LogP contribution in [0, 0.1) is 6.92 Å². The van der Waals surface area contributed by atoms with Crippen LogP contribution < -0.4 is 0 Å². The Morgan fingerprint density at radius 3 is 2.04 bits per heavy atom. The minimum absolute atomic E-state index is 0.258. The van der Waals surface area contributed by atoms with E-state index in [9.17, 15) is 4.79 Å². The Bertz CT molecular complexity index is 520. The van der Waals surface area contributed by atoms with E-state index < -0.39 is 0 Å². The standard InChI is InChI=1S/C16H30O2.C8H9N/c1-4-5-6-7-8-9-10-11-12-13-14-18-16(17)15(2)3;1-3-8-5-4-7(2)9-6-8/h2,4-14H2,1,3H3;3-6H,1H2,2H3. The first-order chi connectivity index (χ1) is 13.0. The van der Waals surface area contributed by atoms with Crippen LogP contribution in [-0.2, 0) is 9.53 Å². The molecule has 0 saturated heterocycles. The topological polar surface area (TPSA) is 39.2 Å². The third kappa shape index (κ3) is 16.0. The third-order valence-electron chi connectivity index (χ3n) is 4.25. The second-order valence-corrected chi connectivity index (χ2v) is 7.04. The largest absolute Gasteiger partial charge is 0.462 e. The van der Waals surface area contributed by atoms with Gasteiger partial charge in [0.05, 0.1) is 6.61 Å². The van der Waals surface area contributed by atoms with Crippen molar-refractivity contribution in [1.82, 2.24) is 4.98 Å². The second kappa shape index (κ2) is 17.5. The number of aromatic nitrogens is 1. The molecule has 1 rings (SSSR count). The Morgan fingerprint density at radius 1 is 1.04 bits per heavy atom. The van der Waals surface area contributed by atoms with E-state index in [2.05, 4.69) is 25.1 Å². The summed E-state index contributed by atoms with van der Waals surface area (Å²) >= 11 is 0. The zero-order valence-corrected chi connectivity index (χ0v) is 17.8. The van der Waals surface area contributed by atoms with Gasteiger partial charge in [-0.05, 0) is 31.9 Å². The van der Waals surface area contributed by atoms with Crippen LogP contribution in [0.2, 0.25) is 0 Å². The number of rotatable bonds is 13. The maximum Gasteiger partial charge on any atom is 0.333 e. The molecule has 0 aliphatic carbocycles. The average molecular weight is 374 g/mol. The molecule has 0 amide bonds. The van der Waals surface area contributed by atoms with Gasteiger partial charge in [0.15, 0.2) is 0 Å². The van der Waals surface area contributed by atoms with Crippen molar-refractivity contribution in [2.45, 2.75) is 85.0 Å². The molecule has 0 radical (unpaired) electrons. The minimum Gasteiger partial charge on any atom is -0.462 e. The fourth-order valence-electron chi connectivity index (χ4n) is 2.48. The summed E-state index contributed by atoms with van der Waals surface area (Å²) < 4.78 is 5.04. The molecular formula is C24H39NO2. The predicted octanol–water partition coefficient (Wildman–Crippen LogP) is 7.06. The van der Waals surface area contributed by atoms with E-state index in [-0.39, 0.29) is 5.97 Å². The van der Waals surface area contributed by atoms with Crippen molar-refractivity contribution in [3.63, 3.8) is 0 Å². The van der Waals surface area contributed by atoms with Crippen LogP contribution in [0.1, 0.15) is 89.3 Å². The van der Waals surface area contributed by atoms with Crippen LogP contribution in [0.5, 0.6) is 0 Å². The van der Waals surface area contributed by atoms with Gasteiger partial charge in [-0.2, -0.15) is 0 Å². The van der Waals surface area contributed by atoms with Crippen molar-refractivity contribution in [1.29, 1.82) is 0 Å². The third-order valence-corrected chi connectivity index (χ3v) is 4.25. The number of aryl methyl sites for hydroxylation is 1. The van der Waals surface area contributed by atoms with Gasteiger partial charge in [-0.1, -0.05) is 90.0 Å². The summed E-state index contributed by atoms with van der Waals surface area (Å²) in [5, 5.41) is 0. The predicted molar refractivity (Wildman–Crippen MR) is 117 cm³/mol. The molecule has 152 valence electrons. The quantitative estimate of drug-likeness (QED) is 0.211. The highest BCUT2D eigenvalue weighted by molar-refractivity contribution is 5.86. The molecule has 3 heteroatoms. The first kappa shape index (κ1) is 25.1. The number of esters is 1. The summed E-state index contributed by atoms with van der Waals surface area (Å²) in [6, 6.07) is 3.96. The van der Waals surface area contributed by atoms with E-state index in [1.807, 2.05) is 25.3 Å². The van der Waals surface area contributed by atoms with Crippen molar-refractivity contribution in [2.75, 3.05) is 6.61 Å². The Labute approximate surface area is 166 Å². The smallest absolute Gasteiger partial charge is 0.333 e. The molecule has 0 atom stereocenters. The molecule has 1 heterocycles. The van der Waals surface area contributed by atoms with Gasteiger partial charge in [-0.25, -0.2) is 4.79 Å². The molecule has 1 aromatic rings. The molecule has 1 aromatic heterocycles. The lowest BCUT2D eigenvalue weighted by Crippen LogP contribution is -2.05. The number of pyridine rings is 1. The first-order valence-corrected chi connectivity index (χ1v) is 10.4. The molecule has 0 aliphatic rings. The summed E-state index contributed by atoms with van der Waals surface area (Å²) in [6.07, 6.45) is 16.6. The Kier molecular flexibility index (Phi) is 16.3. The molecule has 0 aromatic carbocycles. The van der Waals surface area contributed by atoms with E-state index in [4.69, 9.17) is 4.74 Å². The molecule has 0 bridgehead atoms. The average Bonchev–Trinajstić information content (AvgIpc) is 2.67. The number of carbonyl (C=O) groups is 1. The van der Waals surface area contributed by atoms with Crippen molar-refractivity contribution < 1.29 is 9.53 Å². The Hall–Kier alpha value is -1.90. The highest BCUT2D eigenvalue weighted by atomic mass is 16.5. The molecule has 3 nitrogen and oxygen atoms in total. The van der Waals surface area contributed by atoms with Gasteiger partial charge in [0.2, 0.25) is 0 Å². The number of unbranched alkanes of at least 4 members (excludes halogenated alkanes) is 9. The molecular weight excluding hydrogens is 334 g/mol. The number of ether oxygens (including phenoxy) is 1. The molecule has 0 saturated carbocycles. The van der Waals surface area contributed by atoms with E-state index in [1.54, 1.807) is 13.0 Å². The van der Waals surface area contributed by atoms with Crippen LogP contribution in [-0.4, -0.2) is 17.6 Å². The van der Waals surface area contributed by atoms with Crippen LogP contribution in [0.25, 0.3) is 6.08 Å². The lowest BCUT2D eigenvalue weighted by molar-refractivity contribution is -0.139. The van der Waals surface area contributed by atoms with Crippen molar-refractivity contribution >= 4 is 12.0 Å². The van der Waals surface area contributed by atoms with Gasteiger partial charge in [-0.15, -0.1) is 0 Å². The zero-order chi connectivity index (χ0) is 20.3. The van der Waals surface area contributed by atoms with E-state index in [0.717, 1.165) is 17.7 Å². The summed E-state index contributed by atoms with van der Waals surface area (Å²) in [5.74, 6) is -0.258. The SMILES string of the molecule is C=C(C)C(=O)OCCCCCCCCCCCC.C=Cc1ccc(C)nc1. The van der Waals surface area contributed by atoms with E-state index in [1.165, 1.54) is 57.8 Å². The van der Waals surface area contributed by atoms with Gasteiger partial charge < -0.3 is 4.74 Å². The monoisotopic (exact) mass is 373 g/mol. The second-order valence-electron chi connectivity index (χ2n) is 7.04. The molecule has 27 heavy (non-hydrogen) atoms. The fraction of sp³-hybridized carbons (Fsp3) is 0.583. The van der Waals surface area contributed by atoms with Crippen LogP contribution in [0.3, 0.4) is 0 Å². The molecule has 0 fully saturated rings. The van der Waals surface area contributed by atoms with Crippen LogP contribution in [0.15, 0.2) is 37.1 Å².